The third-order valence-electron chi connectivity index (χ3n) is 6.19. The summed E-state index contributed by atoms with van der Waals surface area (Å²) in [4.78, 5) is 14.5. The number of phenols is 1. The van der Waals surface area contributed by atoms with Gasteiger partial charge in [0.25, 0.3) is 0 Å². The van der Waals surface area contributed by atoms with Crippen molar-refractivity contribution in [3.8, 4) is 39.9 Å². The summed E-state index contributed by atoms with van der Waals surface area (Å²) in [6.07, 6.45) is 2.39. The Labute approximate surface area is 189 Å². The molecule has 1 fully saturated rings. The summed E-state index contributed by atoms with van der Waals surface area (Å²) in [5, 5.41) is 10.8. The zero-order valence-electron chi connectivity index (χ0n) is 19.0. The van der Waals surface area contributed by atoms with Gasteiger partial charge in [-0.3, -0.25) is 0 Å². The van der Waals surface area contributed by atoms with Crippen LogP contribution in [0, 0.1) is 27.7 Å². The highest BCUT2D eigenvalue weighted by atomic mass is 16.3. The molecule has 1 saturated carbocycles. The Balaban J connectivity index is 1.71. The smallest absolute Gasteiger partial charge is 0.167 e. The first kappa shape index (κ1) is 20.4. The molecule has 0 saturated heterocycles. The number of aromatic nitrogens is 3. The van der Waals surface area contributed by atoms with Crippen LogP contribution in [0.2, 0.25) is 0 Å². The van der Waals surface area contributed by atoms with Gasteiger partial charge in [-0.15, -0.1) is 0 Å². The first-order valence-corrected chi connectivity index (χ1v) is 11.1. The van der Waals surface area contributed by atoms with Gasteiger partial charge in [0.15, 0.2) is 17.5 Å². The molecule has 1 aliphatic rings. The minimum absolute atomic E-state index is 0.221. The second kappa shape index (κ2) is 7.86. The lowest BCUT2D eigenvalue weighted by Crippen LogP contribution is -2.02. The van der Waals surface area contributed by atoms with Gasteiger partial charge in [0.05, 0.1) is 5.56 Å². The lowest BCUT2D eigenvalue weighted by atomic mass is 10.0. The summed E-state index contributed by atoms with van der Waals surface area (Å²) in [6, 6.07) is 18.4. The van der Waals surface area contributed by atoms with Gasteiger partial charge in [0.1, 0.15) is 5.75 Å². The summed E-state index contributed by atoms with van der Waals surface area (Å²) in [5.74, 6) is 2.52. The first-order valence-electron chi connectivity index (χ1n) is 11.1. The summed E-state index contributed by atoms with van der Waals surface area (Å²) in [7, 11) is 0. The number of hydrogen-bond donors (Lipinski definition) is 1. The second-order valence-electron chi connectivity index (χ2n) is 8.99. The zero-order chi connectivity index (χ0) is 22.4. The fourth-order valence-electron chi connectivity index (χ4n) is 4.27. The van der Waals surface area contributed by atoms with E-state index in [2.05, 4.69) is 70.2 Å². The molecule has 1 heterocycles. The maximum absolute atomic E-state index is 10.8. The third-order valence-corrected chi connectivity index (χ3v) is 6.19. The minimum Gasteiger partial charge on any atom is -0.507 e. The molecule has 0 amide bonds. The quantitative estimate of drug-likeness (QED) is 0.399. The average molecular weight is 422 g/mol. The highest BCUT2D eigenvalue weighted by Crippen LogP contribution is 2.42. The predicted molar refractivity (Wildman–Crippen MR) is 129 cm³/mol. The summed E-state index contributed by atoms with van der Waals surface area (Å²) >= 11 is 0. The Morgan fingerprint density at radius 2 is 1.09 bits per heavy atom. The number of aryl methyl sites for hydroxylation is 4. The molecule has 4 aromatic rings. The molecule has 3 aromatic carbocycles. The van der Waals surface area contributed by atoms with Crippen molar-refractivity contribution in [3.63, 3.8) is 0 Å². The van der Waals surface area contributed by atoms with Crippen molar-refractivity contribution in [2.75, 3.05) is 0 Å². The van der Waals surface area contributed by atoms with Gasteiger partial charge in [-0.05, 0) is 75.3 Å². The summed E-state index contributed by atoms with van der Waals surface area (Å²) in [5.41, 5.74) is 8.38. The molecule has 4 nitrogen and oxygen atoms in total. The van der Waals surface area contributed by atoms with Crippen LogP contribution in [0.25, 0.3) is 34.2 Å². The number of phenolic OH excluding ortho intramolecular Hbond substituents is 1. The fraction of sp³-hybridized carbons (Fsp3) is 0.250. The van der Waals surface area contributed by atoms with Gasteiger partial charge in [0, 0.05) is 11.1 Å². The number of rotatable bonds is 4. The molecule has 4 heteroatoms. The normalized spacial score (nSPS) is 13.4. The Hall–Kier alpha value is -3.53. The van der Waals surface area contributed by atoms with Gasteiger partial charge in [-0.1, -0.05) is 53.6 Å². The van der Waals surface area contributed by atoms with Crippen LogP contribution in [0.4, 0.5) is 0 Å². The minimum atomic E-state index is 0.221. The van der Waals surface area contributed by atoms with E-state index >= 15 is 0 Å². The topological polar surface area (TPSA) is 58.9 Å². The molecule has 5 rings (SSSR count). The van der Waals surface area contributed by atoms with Gasteiger partial charge in [-0.25, -0.2) is 15.0 Å². The van der Waals surface area contributed by atoms with E-state index in [0.717, 1.165) is 22.3 Å². The highest BCUT2D eigenvalue weighted by molar-refractivity contribution is 5.72. The van der Waals surface area contributed by atoms with Gasteiger partial charge < -0.3 is 5.11 Å². The molecule has 0 bridgehead atoms. The molecular formula is C28H27N3O. The Kier molecular flexibility index (Phi) is 5.01. The van der Waals surface area contributed by atoms with E-state index in [-0.39, 0.29) is 5.75 Å². The zero-order valence-corrected chi connectivity index (χ0v) is 19.0. The van der Waals surface area contributed by atoms with Crippen molar-refractivity contribution in [3.05, 3.63) is 82.4 Å². The fourth-order valence-corrected chi connectivity index (χ4v) is 4.27. The van der Waals surface area contributed by atoms with E-state index in [1.807, 2.05) is 12.1 Å². The lowest BCUT2D eigenvalue weighted by molar-refractivity contribution is 0.476. The maximum atomic E-state index is 10.8. The lowest BCUT2D eigenvalue weighted by Gasteiger charge is -2.13. The monoisotopic (exact) mass is 421 g/mol. The summed E-state index contributed by atoms with van der Waals surface area (Å²) < 4.78 is 0. The average Bonchev–Trinajstić information content (AvgIpc) is 3.59. The van der Waals surface area contributed by atoms with E-state index in [0.29, 0.717) is 29.0 Å². The Morgan fingerprint density at radius 3 is 1.53 bits per heavy atom. The largest absolute Gasteiger partial charge is 0.507 e. The van der Waals surface area contributed by atoms with E-state index < -0.39 is 0 Å². The molecule has 160 valence electrons. The van der Waals surface area contributed by atoms with Crippen molar-refractivity contribution in [2.45, 2.75) is 46.5 Å². The third kappa shape index (κ3) is 3.89. The van der Waals surface area contributed by atoms with E-state index in [1.165, 1.54) is 29.5 Å². The molecule has 0 aliphatic heterocycles. The molecule has 1 N–H and O–H groups in total. The molecule has 0 spiro atoms. The van der Waals surface area contributed by atoms with Crippen molar-refractivity contribution < 1.29 is 5.11 Å². The maximum Gasteiger partial charge on any atom is 0.167 e. The van der Waals surface area contributed by atoms with Gasteiger partial charge in [-0.2, -0.15) is 0 Å². The number of hydrogen-bond acceptors (Lipinski definition) is 4. The molecule has 0 radical (unpaired) electrons. The molecular weight excluding hydrogens is 394 g/mol. The van der Waals surface area contributed by atoms with E-state index in [1.54, 1.807) is 0 Å². The number of benzene rings is 3. The van der Waals surface area contributed by atoms with E-state index in [9.17, 15) is 5.11 Å². The molecule has 1 aromatic heterocycles. The Morgan fingerprint density at radius 1 is 0.625 bits per heavy atom. The van der Waals surface area contributed by atoms with Crippen LogP contribution in [0.15, 0.2) is 54.6 Å². The van der Waals surface area contributed by atoms with Crippen molar-refractivity contribution in [1.29, 1.82) is 0 Å². The predicted octanol–water partition coefficient (Wildman–Crippen LogP) is 6.69. The molecule has 1 aliphatic carbocycles. The number of aromatic hydroxyl groups is 1. The summed E-state index contributed by atoms with van der Waals surface area (Å²) in [6.45, 7) is 8.31. The van der Waals surface area contributed by atoms with Crippen molar-refractivity contribution in [1.82, 2.24) is 15.0 Å². The Bertz CT molecular complexity index is 1270. The standard InChI is InChI=1S/C28H27N3O/c1-16-5-10-22(18(3)13-16)26-29-27(23-11-6-17(2)14-19(23)4)31-28(30-26)24-12-9-21(15-25(24)32)20-7-8-20/h5-6,9-15,20,32H,7-8H2,1-4H3. The van der Waals surface area contributed by atoms with Crippen LogP contribution in [-0.2, 0) is 0 Å². The first-order chi connectivity index (χ1) is 15.4. The van der Waals surface area contributed by atoms with Crippen LogP contribution in [0.1, 0.15) is 46.6 Å². The van der Waals surface area contributed by atoms with E-state index in [4.69, 9.17) is 15.0 Å². The SMILES string of the molecule is Cc1ccc(-c2nc(-c3ccc(C)cc3C)nc(-c3ccc(C4CC4)cc3O)n2)c(C)c1. The second-order valence-corrected chi connectivity index (χ2v) is 8.99. The van der Waals surface area contributed by atoms with Crippen LogP contribution < -0.4 is 0 Å². The molecule has 0 atom stereocenters. The van der Waals surface area contributed by atoms with Crippen molar-refractivity contribution >= 4 is 0 Å². The van der Waals surface area contributed by atoms with Crippen molar-refractivity contribution in [2.24, 2.45) is 0 Å². The van der Waals surface area contributed by atoms with Crippen LogP contribution >= 0.6 is 0 Å². The molecule has 0 unspecified atom stereocenters. The van der Waals surface area contributed by atoms with Crippen LogP contribution in [0.3, 0.4) is 0 Å². The highest BCUT2D eigenvalue weighted by Gasteiger charge is 2.25. The van der Waals surface area contributed by atoms with Gasteiger partial charge in [0.2, 0.25) is 0 Å². The number of nitrogens with zero attached hydrogens (tertiary/aromatic N) is 3. The van der Waals surface area contributed by atoms with Crippen LogP contribution in [0.5, 0.6) is 5.75 Å². The van der Waals surface area contributed by atoms with Crippen LogP contribution in [-0.4, -0.2) is 20.1 Å². The molecule has 32 heavy (non-hydrogen) atoms. The van der Waals surface area contributed by atoms with Gasteiger partial charge >= 0.3 is 0 Å².